The van der Waals surface area contributed by atoms with Crippen molar-refractivity contribution in [1.29, 1.82) is 0 Å². The van der Waals surface area contributed by atoms with Crippen molar-refractivity contribution in [2.75, 3.05) is 47.2 Å². The molecule has 290 valence electrons. The quantitative estimate of drug-likeness (QED) is 0.147. The van der Waals surface area contributed by atoms with Crippen LogP contribution in [0.2, 0.25) is 0 Å². The highest BCUT2D eigenvalue weighted by Gasteiger charge is 2.29. The maximum Gasteiger partial charge on any atom is 0.411 e. The molecule has 6 aromatic rings. The van der Waals surface area contributed by atoms with Gasteiger partial charge >= 0.3 is 12.1 Å². The zero-order valence-corrected chi connectivity index (χ0v) is 31.7. The lowest BCUT2D eigenvalue weighted by Gasteiger charge is -2.19. The molecule has 0 bridgehead atoms. The molecule has 4 aromatic carbocycles. The molecule has 9 rings (SSSR count). The van der Waals surface area contributed by atoms with Gasteiger partial charge in [-0.2, -0.15) is 0 Å². The molecule has 13 heteroatoms. The van der Waals surface area contributed by atoms with Gasteiger partial charge in [0.1, 0.15) is 6.61 Å². The van der Waals surface area contributed by atoms with Crippen LogP contribution in [0.5, 0.6) is 0 Å². The molecule has 4 heterocycles. The summed E-state index contributed by atoms with van der Waals surface area (Å²) in [5.74, 6) is 0.0482. The Hall–Kier alpha value is -6.63. The maximum atomic E-state index is 12.7. The van der Waals surface area contributed by atoms with E-state index in [1.165, 1.54) is 39.1 Å². The molecule has 3 N–H and O–H groups in total. The number of carbonyl (C=O) groups is 2. The van der Waals surface area contributed by atoms with Gasteiger partial charge in [0, 0.05) is 76.7 Å². The number of nitrogens with one attached hydrogen (secondary N) is 3. The highest BCUT2D eigenvalue weighted by molar-refractivity contribution is 5.90. The number of aryl methyl sites for hydroxylation is 2. The summed E-state index contributed by atoms with van der Waals surface area (Å²) in [6.07, 6.45) is 9.30. The number of anilines is 4. The fraction of sp³-hybridized carbons (Fsp3) is 0.256. The zero-order chi connectivity index (χ0) is 37.9. The zero-order valence-electron chi connectivity index (χ0n) is 31.7. The highest BCUT2D eigenvalue weighted by Crippen LogP contribution is 2.44. The van der Waals surface area contributed by atoms with E-state index in [9.17, 15) is 9.59 Å². The van der Waals surface area contributed by atoms with Gasteiger partial charge in [0.15, 0.2) is 0 Å². The Bertz CT molecular complexity index is 2320. The third kappa shape index (κ3) is 8.07. The molecule has 0 unspecified atom stereocenters. The SMILES string of the molecule is CNC(=O)Nc1ccc2c(c1)N(Cc1cn(C)cn1)CC2.Cn1cnc(CN2CCc3ccc(NC(=O)OCC4c5ccccc5-c5ccccc54)cc32)c1.F.[2HH]. The van der Waals surface area contributed by atoms with E-state index in [-0.39, 0.29) is 18.1 Å². The summed E-state index contributed by atoms with van der Waals surface area (Å²) < 4.78 is 9.63. The van der Waals surface area contributed by atoms with Crippen molar-refractivity contribution in [2.24, 2.45) is 14.1 Å². The van der Waals surface area contributed by atoms with Crippen LogP contribution in [0.3, 0.4) is 0 Å². The lowest BCUT2D eigenvalue weighted by molar-refractivity contribution is 0.158. The highest BCUT2D eigenvalue weighted by atomic mass is 19.0. The number of hydrogen-bond donors (Lipinski definition) is 3. The second kappa shape index (κ2) is 16.4. The predicted molar refractivity (Wildman–Crippen MR) is 220 cm³/mol. The number of imidazole rings is 2. The standard InChI is InChI=1S/C28H26N4O2.C15H19N5O.FH.H2/c1-31-15-21(29-18-31)16-32-13-12-19-10-11-20(14-27(19)32)30-28(33)34-17-26-24-8-4-2-6-22(24)23-7-3-5-9-25(23)26;1-16-15(21)18-12-4-3-11-5-6-20(14(11)7-12)9-13-8-19(2)10-17-13;;/h2-11,14-15,18,26H,12-13,16-17H2,1H3,(H,30,33);3-4,7-8,10H,5-6,9H2,1-2H3,(H2,16,18,21);2*1H/i;;;1+1. The van der Waals surface area contributed by atoms with Crippen LogP contribution in [-0.2, 0) is 44.8 Å². The smallest absolute Gasteiger partial charge is 0.411 e. The summed E-state index contributed by atoms with van der Waals surface area (Å²) in [5.41, 5.74) is 13.4. The van der Waals surface area contributed by atoms with Crippen molar-refractivity contribution in [3.63, 3.8) is 0 Å². The van der Waals surface area contributed by atoms with Crippen molar-refractivity contribution in [2.45, 2.75) is 31.8 Å². The Kier molecular flexibility index (Phi) is 11.0. The van der Waals surface area contributed by atoms with Crippen LogP contribution in [-0.4, -0.2) is 58.0 Å². The number of ether oxygens (including phenoxy) is 1. The van der Waals surface area contributed by atoms with Crippen LogP contribution in [0.25, 0.3) is 11.1 Å². The van der Waals surface area contributed by atoms with E-state index in [1.807, 2.05) is 84.7 Å². The lowest BCUT2D eigenvalue weighted by atomic mass is 9.98. The van der Waals surface area contributed by atoms with Crippen LogP contribution >= 0.6 is 0 Å². The van der Waals surface area contributed by atoms with E-state index in [4.69, 9.17) is 4.74 Å². The van der Waals surface area contributed by atoms with E-state index in [1.54, 1.807) is 7.05 Å². The molecule has 56 heavy (non-hydrogen) atoms. The Morgan fingerprint density at radius 3 is 1.71 bits per heavy atom. The Labute approximate surface area is 327 Å². The fourth-order valence-electron chi connectivity index (χ4n) is 7.81. The summed E-state index contributed by atoms with van der Waals surface area (Å²) in [6.45, 7) is 3.77. The third-order valence-corrected chi connectivity index (χ3v) is 10.5. The van der Waals surface area contributed by atoms with E-state index in [0.717, 1.165) is 67.5 Å². The van der Waals surface area contributed by atoms with E-state index < -0.39 is 6.09 Å². The molecule has 0 fully saturated rings. The van der Waals surface area contributed by atoms with Gasteiger partial charge in [-0.3, -0.25) is 10.0 Å². The first-order valence-corrected chi connectivity index (χ1v) is 18.6. The molecule has 3 aliphatic rings. The predicted octanol–water partition coefficient (Wildman–Crippen LogP) is 7.48. The van der Waals surface area contributed by atoms with Gasteiger partial charge in [-0.15, -0.1) is 0 Å². The van der Waals surface area contributed by atoms with Gasteiger partial charge < -0.3 is 34.3 Å². The van der Waals surface area contributed by atoms with Gasteiger partial charge in [-0.05, 0) is 70.5 Å². The third-order valence-electron chi connectivity index (χ3n) is 10.5. The molecule has 2 aliphatic heterocycles. The van der Waals surface area contributed by atoms with Crippen molar-refractivity contribution in [1.82, 2.24) is 24.4 Å². The normalized spacial score (nSPS) is 13.4. The van der Waals surface area contributed by atoms with Crippen molar-refractivity contribution in [3.05, 3.63) is 144 Å². The summed E-state index contributed by atoms with van der Waals surface area (Å²) in [7, 11) is 5.56. The molecule has 0 radical (unpaired) electrons. The molecule has 2 aromatic heterocycles. The van der Waals surface area contributed by atoms with Crippen molar-refractivity contribution >= 4 is 34.9 Å². The minimum atomic E-state index is -0.434. The molecule has 3 amide bonds. The molecule has 12 nitrogen and oxygen atoms in total. The average Bonchev–Trinajstić information content (AvgIpc) is 4.04. The summed E-state index contributed by atoms with van der Waals surface area (Å²) in [5, 5.41) is 8.30. The van der Waals surface area contributed by atoms with Crippen LogP contribution < -0.4 is 25.8 Å². The summed E-state index contributed by atoms with van der Waals surface area (Å²) in [6, 6.07) is 28.6. The number of fused-ring (bicyclic) bond motifs is 5. The van der Waals surface area contributed by atoms with E-state index >= 15 is 0 Å². The summed E-state index contributed by atoms with van der Waals surface area (Å²) >= 11 is 0. The van der Waals surface area contributed by atoms with Gasteiger partial charge in [0.05, 0.1) is 37.1 Å². The number of hydrogen-bond acceptors (Lipinski definition) is 7. The van der Waals surface area contributed by atoms with Crippen LogP contribution in [0.1, 0.15) is 41.0 Å². The van der Waals surface area contributed by atoms with Gasteiger partial charge in [0.25, 0.3) is 0 Å². The maximum absolute atomic E-state index is 12.7. The Balaban J connectivity index is 0.000000207. The first-order valence-electron chi connectivity index (χ1n) is 18.6. The molecule has 0 saturated carbocycles. The number of carbonyl (C=O) groups excluding carboxylic acids is 2. The molecule has 0 saturated heterocycles. The number of halogens is 1. The Morgan fingerprint density at radius 2 is 1.23 bits per heavy atom. The molecule has 0 atom stereocenters. The van der Waals surface area contributed by atoms with E-state index in [0.29, 0.717) is 6.61 Å². The molecule has 1 aliphatic carbocycles. The topological polar surface area (TPSA) is 122 Å². The van der Waals surface area contributed by atoms with Gasteiger partial charge in [-0.25, -0.2) is 19.6 Å². The minimum Gasteiger partial charge on any atom is -0.448 e. The number of rotatable bonds is 8. The number of urea groups is 1. The monoisotopic (exact) mass is 758 g/mol. The molecular formula is C43H48FN9O3. The van der Waals surface area contributed by atoms with Crippen molar-refractivity contribution < 1.29 is 20.5 Å². The first kappa shape index (κ1) is 37.7. The molecular weight excluding hydrogens is 710 g/mol. The van der Waals surface area contributed by atoms with Crippen molar-refractivity contribution in [3.8, 4) is 11.1 Å². The van der Waals surface area contributed by atoms with E-state index in [2.05, 4.69) is 84.2 Å². The lowest BCUT2D eigenvalue weighted by Crippen LogP contribution is -2.24. The Morgan fingerprint density at radius 1 is 0.732 bits per heavy atom. The van der Waals surface area contributed by atoms with Crippen LogP contribution in [0, 0.1) is 0 Å². The summed E-state index contributed by atoms with van der Waals surface area (Å²) in [4.78, 5) is 37.5. The largest absolute Gasteiger partial charge is 0.448 e. The number of aromatic nitrogens is 4. The second-order valence-corrected chi connectivity index (χ2v) is 14.2. The van der Waals surface area contributed by atoms with Crippen LogP contribution in [0.4, 0.5) is 37.0 Å². The van der Waals surface area contributed by atoms with Gasteiger partial charge in [-0.1, -0.05) is 60.7 Å². The fourth-order valence-corrected chi connectivity index (χ4v) is 7.81. The second-order valence-electron chi connectivity index (χ2n) is 14.2. The number of amides is 3. The molecule has 0 spiro atoms. The minimum absolute atomic E-state index is 0. The number of benzene rings is 4. The van der Waals surface area contributed by atoms with Gasteiger partial charge in [0.2, 0.25) is 0 Å². The van der Waals surface area contributed by atoms with Crippen LogP contribution in [0.15, 0.2) is 110 Å². The first-order chi connectivity index (χ1) is 26.8. The average molecular weight is 759 g/mol. The number of nitrogens with zero attached hydrogens (tertiary/aromatic N) is 6.